The van der Waals surface area contributed by atoms with Crippen molar-refractivity contribution in [3.05, 3.63) is 34.9 Å². The minimum Gasteiger partial charge on any atom is -0.455 e. The number of benzene rings is 1. The number of hydrogen-bond acceptors (Lipinski definition) is 4. The van der Waals surface area contributed by atoms with Crippen molar-refractivity contribution in [1.29, 1.82) is 0 Å². The number of rotatable bonds is 4. The zero-order valence-electron chi connectivity index (χ0n) is 12.0. The van der Waals surface area contributed by atoms with Gasteiger partial charge in [0.2, 0.25) is 0 Å². The van der Waals surface area contributed by atoms with Crippen LogP contribution in [0, 0.1) is 5.92 Å². The molecule has 1 saturated heterocycles. The highest BCUT2D eigenvalue weighted by Crippen LogP contribution is 2.21. The normalized spacial score (nSPS) is 15.4. The fraction of sp³-hybridized carbons (Fsp3) is 0.400. The number of primary amides is 1. The predicted molar refractivity (Wildman–Crippen MR) is 80.2 cm³/mol. The average molecular weight is 325 g/mol. The third-order valence-electron chi connectivity index (χ3n) is 3.56. The van der Waals surface area contributed by atoms with Gasteiger partial charge in [-0.25, -0.2) is 0 Å². The summed E-state index contributed by atoms with van der Waals surface area (Å²) in [4.78, 5) is 36.3. The molecule has 0 spiro atoms. The monoisotopic (exact) mass is 324 g/mol. The van der Waals surface area contributed by atoms with Crippen molar-refractivity contribution in [3.63, 3.8) is 0 Å². The van der Waals surface area contributed by atoms with E-state index in [1.54, 1.807) is 29.2 Å². The lowest BCUT2D eigenvalue weighted by atomic mass is 9.96. The lowest BCUT2D eigenvalue weighted by molar-refractivity contribution is -0.153. The van der Waals surface area contributed by atoms with Crippen LogP contribution in [0.1, 0.15) is 23.2 Å². The first-order chi connectivity index (χ1) is 10.5. The third-order valence-corrected chi connectivity index (χ3v) is 3.82. The molecule has 1 aliphatic heterocycles. The molecule has 1 aromatic rings. The molecule has 0 radical (unpaired) electrons. The van der Waals surface area contributed by atoms with Crippen LogP contribution in [0.15, 0.2) is 24.3 Å². The van der Waals surface area contributed by atoms with Crippen LogP contribution in [-0.4, -0.2) is 42.4 Å². The molecule has 118 valence electrons. The lowest BCUT2D eigenvalue weighted by Crippen LogP contribution is -2.41. The van der Waals surface area contributed by atoms with Crippen molar-refractivity contribution in [3.8, 4) is 0 Å². The van der Waals surface area contributed by atoms with E-state index < -0.39 is 18.5 Å². The van der Waals surface area contributed by atoms with Crippen LogP contribution in [-0.2, 0) is 14.3 Å². The number of ether oxygens (including phenoxy) is 1. The van der Waals surface area contributed by atoms with Crippen molar-refractivity contribution in [1.82, 2.24) is 4.90 Å². The molecule has 0 atom stereocenters. The van der Waals surface area contributed by atoms with Crippen LogP contribution in [0.3, 0.4) is 0 Å². The Morgan fingerprint density at radius 3 is 2.32 bits per heavy atom. The van der Waals surface area contributed by atoms with Gasteiger partial charge in [-0.15, -0.1) is 0 Å². The zero-order valence-corrected chi connectivity index (χ0v) is 12.7. The van der Waals surface area contributed by atoms with Crippen LogP contribution in [0.2, 0.25) is 5.02 Å². The zero-order chi connectivity index (χ0) is 16.1. The molecule has 1 aromatic carbocycles. The maximum atomic E-state index is 12.3. The van der Waals surface area contributed by atoms with Gasteiger partial charge in [-0.2, -0.15) is 0 Å². The molecule has 2 amide bonds. The van der Waals surface area contributed by atoms with Crippen molar-refractivity contribution in [2.24, 2.45) is 11.7 Å². The first kappa shape index (κ1) is 16.3. The predicted octanol–water partition coefficient (Wildman–Crippen LogP) is 1.22. The summed E-state index contributed by atoms with van der Waals surface area (Å²) in [7, 11) is 0. The number of carbonyl (C=O) groups excluding carboxylic acids is 3. The molecule has 0 aliphatic carbocycles. The fourth-order valence-electron chi connectivity index (χ4n) is 2.35. The van der Waals surface area contributed by atoms with Crippen LogP contribution in [0.5, 0.6) is 0 Å². The summed E-state index contributed by atoms with van der Waals surface area (Å²) in [5, 5.41) is 0.576. The second-order valence-electron chi connectivity index (χ2n) is 5.15. The van der Waals surface area contributed by atoms with Gasteiger partial charge in [-0.1, -0.05) is 11.6 Å². The molecule has 1 heterocycles. The summed E-state index contributed by atoms with van der Waals surface area (Å²) in [6.07, 6.45) is 1.02. The van der Waals surface area contributed by atoms with Crippen LogP contribution < -0.4 is 5.73 Å². The molecule has 1 fully saturated rings. The second kappa shape index (κ2) is 7.26. The maximum absolute atomic E-state index is 12.3. The van der Waals surface area contributed by atoms with E-state index in [0.29, 0.717) is 36.5 Å². The molecule has 6 nitrogen and oxygen atoms in total. The highest BCUT2D eigenvalue weighted by molar-refractivity contribution is 6.30. The number of likely N-dealkylation sites (tertiary alicyclic amines) is 1. The molecule has 7 heteroatoms. The molecular weight excluding hydrogens is 308 g/mol. The van der Waals surface area contributed by atoms with Crippen molar-refractivity contribution < 1.29 is 19.1 Å². The van der Waals surface area contributed by atoms with Gasteiger partial charge in [-0.3, -0.25) is 14.4 Å². The van der Waals surface area contributed by atoms with Gasteiger partial charge in [0.1, 0.15) is 0 Å². The first-order valence-electron chi connectivity index (χ1n) is 6.97. The summed E-state index contributed by atoms with van der Waals surface area (Å²) < 4.78 is 4.80. The number of nitrogens with zero attached hydrogens (tertiary/aromatic N) is 1. The molecule has 0 bridgehead atoms. The van der Waals surface area contributed by atoms with Crippen molar-refractivity contribution in [2.75, 3.05) is 19.7 Å². The molecule has 22 heavy (non-hydrogen) atoms. The van der Waals surface area contributed by atoms with Gasteiger partial charge in [0.15, 0.2) is 6.61 Å². The molecule has 0 aromatic heterocycles. The van der Waals surface area contributed by atoms with E-state index in [0.717, 1.165) is 0 Å². The minimum absolute atomic E-state index is 0.0828. The number of piperidine rings is 1. The highest BCUT2D eigenvalue weighted by atomic mass is 35.5. The van der Waals surface area contributed by atoms with E-state index in [2.05, 4.69) is 0 Å². The number of carbonyl (C=O) groups is 3. The van der Waals surface area contributed by atoms with E-state index in [1.807, 2.05) is 0 Å². The smallest absolute Gasteiger partial charge is 0.309 e. The van der Waals surface area contributed by atoms with Gasteiger partial charge in [0.25, 0.3) is 11.8 Å². The van der Waals surface area contributed by atoms with Crippen LogP contribution >= 0.6 is 11.6 Å². The van der Waals surface area contributed by atoms with Gasteiger partial charge in [0.05, 0.1) is 5.92 Å². The van der Waals surface area contributed by atoms with Crippen LogP contribution in [0.4, 0.5) is 0 Å². The summed E-state index contributed by atoms with van der Waals surface area (Å²) >= 11 is 5.80. The number of halogens is 1. The van der Waals surface area contributed by atoms with Crippen molar-refractivity contribution >= 4 is 29.4 Å². The summed E-state index contributed by atoms with van der Waals surface area (Å²) in [6, 6.07) is 6.70. The van der Waals surface area contributed by atoms with E-state index in [1.165, 1.54) is 0 Å². The summed E-state index contributed by atoms with van der Waals surface area (Å²) in [5.74, 6) is -1.49. The quantitative estimate of drug-likeness (QED) is 0.843. The van der Waals surface area contributed by atoms with Gasteiger partial charge in [-0.05, 0) is 37.1 Å². The minimum atomic E-state index is -0.677. The number of esters is 1. The van der Waals surface area contributed by atoms with E-state index in [4.69, 9.17) is 22.1 Å². The Morgan fingerprint density at radius 1 is 1.18 bits per heavy atom. The lowest BCUT2D eigenvalue weighted by Gasteiger charge is -2.30. The first-order valence-corrected chi connectivity index (χ1v) is 7.35. The fourth-order valence-corrected chi connectivity index (χ4v) is 2.48. The Bertz CT molecular complexity index is 565. The Labute approximate surface area is 133 Å². The Hall–Kier alpha value is -2.08. The standard InChI is InChI=1S/C15H17ClN2O4/c16-12-3-1-10(2-4-12)14(20)18-7-5-11(6-8-18)15(21)22-9-13(17)19/h1-4,11H,5-9H2,(H2,17,19). The van der Waals surface area contributed by atoms with E-state index in [9.17, 15) is 14.4 Å². The topological polar surface area (TPSA) is 89.7 Å². The largest absolute Gasteiger partial charge is 0.455 e. The van der Waals surface area contributed by atoms with Gasteiger partial charge >= 0.3 is 5.97 Å². The molecule has 0 unspecified atom stereocenters. The van der Waals surface area contributed by atoms with Gasteiger partial charge < -0.3 is 15.4 Å². The SMILES string of the molecule is NC(=O)COC(=O)C1CCN(C(=O)c2ccc(Cl)cc2)CC1. The molecular formula is C15H17ClN2O4. The summed E-state index contributed by atoms with van der Waals surface area (Å²) in [5.41, 5.74) is 5.50. The molecule has 0 saturated carbocycles. The molecule has 1 aliphatic rings. The average Bonchev–Trinajstić information content (AvgIpc) is 2.53. The Morgan fingerprint density at radius 2 is 1.77 bits per heavy atom. The second-order valence-corrected chi connectivity index (χ2v) is 5.58. The summed E-state index contributed by atoms with van der Waals surface area (Å²) in [6.45, 7) is 0.540. The van der Waals surface area contributed by atoms with Crippen LogP contribution in [0.25, 0.3) is 0 Å². The van der Waals surface area contributed by atoms with Crippen molar-refractivity contribution in [2.45, 2.75) is 12.8 Å². The van der Waals surface area contributed by atoms with E-state index >= 15 is 0 Å². The molecule has 2 rings (SSSR count). The Balaban J connectivity index is 1.86. The number of amides is 2. The highest BCUT2D eigenvalue weighted by Gasteiger charge is 2.28. The Kier molecular flexibility index (Phi) is 5.38. The van der Waals surface area contributed by atoms with Gasteiger partial charge in [0, 0.05) is 23.7 Å². The van der Waals surface area contributed by atoms with E-state index in [-0.39, 0.29) is 11.8 Å². The molecule has 2 N–H and O–H groups in total. The maximum Gasteiger partial charge on any atom is 0.309 e. The third kappa shape index (κ3) is 4.21. The number of nitrogens with two attached hydrogens (primary N) is 1. The number of hydrogen-bond donors (Lipinski definition) is 1.